The summed E-state index contributed by atoms with van der Waals surface area (Å²) in [6, 6.07) is 9.06. The van der Waals surface area contributed by atoms with Crippen LogP contribution in [0.1, 0.15) is 77.7 Å². The molecule has 1 saturated heterocycles. The molecule has 0 radical (unpaired) electrons. The van der Waals surface area contributed by atoms with E-state index in [0.717, 1.165) is 37.7 Å². The zero-order chi connectivity index (χ0) is 28.2. The molecule has 9 nitrogen and oxygen atoms in total. The van der Waals surface area contributed by atoms with Crippen LogP contribution in [-0.2, 0) is 24.0 Å². The summed E-state index contributed by atoms with van der Waals surface area (Å²) in [5, 5.41) is 1.31. The largest absolute Gasteiger partial charge is 0.350 e. The quantitative estimate of drug-likeness (QED) is 0.325. The number of allylic oxidation sites excluding steroid dienone is 1. The lowest BCUT2D eigenvalue weighted by Gasteiger charge is -2.35. The lowest BCUT2D eigenvalue weighted by atomic mass is 9.74. The third kappa shape index (κ3) is 10.1. The van der Waals surface area contributed by atoms with Crippen molar-refractivity contribution >= 4 is 23.8 Å². The molecule has 1 heterocycles. The van der Waals surface area contributed by atoms with Crippen LogP contribution in [0.2, 0.25) is 0 Å². The van der Waals surface area contributed by atoms with Gasteiger partial charge in [0.15, 0.2) is 6.29 Å². The first-order valence-electron chi connectivity index (χ1n) is 14.4. The van der Waals surface area contributed by atoms with Gasteiger partial charge < -0.3 is 10.5 Å². The van der Waals surface area contributed by atoms with E-state index in [9.17, 15) is 14.4 Å². The van der Waals surface area contributed by atoms with Crippen molar-refractivity contribution in [3.63, 3.8) is 0 Å². The van der Waals surface area contributed by atoms with Crippen molar-refractivity contribution in [1.82, 2.24) is 15.9 Å². The van der Waals surface area contributed by atoms with Gasteiger partial charge in [0.1, 0.15) is 0 Å². The zero-order valence-corrected chi connectivity index (χ0v) is 23.6. The SMILES string of the molecule is CC(C)CN(NC(=O)[C@H](CC1CCC1)[C@H](CC=Cc1ccccc1)C(=O)NOC1CCCCO1)C(=O)[C@@H](C)N. The van der Waals surface area contributed by atoms with E-state index in [0.29, 0.717) is 38.3 Å². The van der Waals surface area contributed by atoms with Crippen LogP contribution in [0.4, 0.5) is 0 Å². The second-order valence-corrected chi connectivity index (χ2v) is 11.3. The second kappa shape index (κ2) is 15.7. The fourth-order valence-corrected chi connectivity index (χ4v) is 4.93. The lowest BCUT2D eigenvalue weighted by Crippen LogP contribution is -2.55. The number of nitrogens with two attached hydrogens (primary N) is 1. The number of nitrogens with one attached hydrogen (secondary N) is 2. The number of benzene rings is 1. The summed E-state index contributed by atoms with van der Waals surface area (Å²) in [5.41, 5.74) is 12.3. The van der Waals surface area contributed by atoms with Crippen molar-refractivity contribution < 1.29 is 24.0 Å². The first-order valence-corrected chi connectivity index (χ1v) is 14.4. The Balaban J connectivity index is 1.81. The smallest absolute Gasteiger partial charge is 0.257 e. The molecule has 1 aliphatic carbocycles. The Bertz CT molecular complexity index is 942. The van der Waals surface area contributed by atoms with Crippen molar-refractivity contribution in [2.75, 3.05) is 13.2 Å². The molecule has 0 bridgehead atoms. The molecule has 2 fully saturated rings. The predicted molar refractivity (Wildman–Crippen MR) is 150 cm³/mol. The molecule has 3 rings (SSSR count). The first kappa shape index (κ1) is 30.8. The maximum absolute atomic E-state index is 13.8. The Morgan fingerprint density at radius 3 is 2.38 bits per heavy atom. The normalized spacial score (nSPS) is 20.2. The van der Waals surface area contributed by atoms with Crippen LogP contribution in [0.3, 0.4) is 0 Å². The average molecular weight is 543 g/mol. The van der Waals surface area contributed by atoms with Gasteiger partial charge in [-0.1, -0.05) is 75.6 Å². The van der Waals surface area contributed by atoms with Gasteiger partial charge in [-0.3, -0.25) is 24.8 Å². The van der Waals surface area contributed by atoms with Crippen molar-refractivity contribution in [2.24, 2.45) is 29.4 Å². The van der Waals surface area contributed by atoms with Crippen molar-refractivity contribution in [3.05, 3.63) is 42.0 Å². The van der Waals surface area contributed by atoms with Crippen molar-refractivity contribution in [3.8, 4) is 0 Å². The number of rotatable bonds is 13. The molecule has 3 amide bonds. The molecule has 2 aliphatic rings. The van der Waals surface area contributed by atoms with E-state index < -0.39 is 24.2 Å². The summed E-state index contributed by atoms with van der Waals surface area (Å²) >= 11 is 0. The number of hydroxylamine groups is 1. The predicted octanol–water partition coefficient (Wildman–Crippen LogP) is 3.95. The Hall–Kier alpha value is -2.75. The van der Waals surface area contributed by atoms with Crippen LogP contribution >= 0.6 is 0 Å². The lowest BCUT2D eigenvalue weighted by molar-refractivity contribution is -0.203. The highest BCUT2D eigenvalue weighted by Gasteiger charge is 2.38. The summed E-state index contributed by atoms with van der Waals surface area (Å²) in [6.07, 6.45) is 10.1. The third-order valence-electron chi connectivity index (χ3n) is 7.35. The Kier molecular flexibility index (Phi) is 12.4. The molecule has 1 aromatic carbocycles. The summed E-state index contributed by atoms with van der Waals surface area (Å²) in [6.45, 7) is 6.46. The minimum atomic E-state index is -0.758. The standard InChI is InChI=1S/C30H46N4O5/c1-21(2)20-34(30(37)22(3)31)32-28(35)26(19-24-14-9-15-24)25(16-10-13-23-11-5-4-6-12-23)29(36)33-39-27-17-7-8-18-38-27/h4-6,10-13,21-22,24-27H,7-9,14-20,31H2,1-3H3,(H,32,35)(H,33,36)/t22-,25+,26-,27?/m1/s1. The second-order valence-electron chi connectivity index (χ2n) is 11.3. The van der Waals surface area contributed by atoms with Gasteiger partial charge in [-0.15, -0.1) is 0 Å². The molecular formula is C30H46N4O5. The molecule has 1 aromatic rings. The number of hydrogen-bond donors (Lipinski definition) is 3. The van der Waals surface area contributed by atoms with Gasteiger partial charge in [0, 0.05) is 19.6 Å². The Labute approximate surface area is 232 Å². The maximum atomic E-state index is 13.8. The highest BCUT2D eigenvalue weighted by molar-refractivity contribution is 5.89. The average Bonchev–Trinajstić information content (AvgIpc) is 2.89. The summed E-state index contributed by atoms with van der Waals surface area (Å²) in [5.74, 6) is -1.94. The number of nitrogens with zero attached hydrogens (tertiary/aromatic N) is 1. The molecule has 39 heavy (non-hydrogen) atoms. The van der Waals surface area contributed by atoms with Crippen LogP contribution in [-0.4, -0.2) is 48.2 Å². The third-order valence-corrected chi connectivity index (χ3v) is 7.35. The van der Waals surface area contributed by atoms with E-state index in [1.165, 1.54) is 5.01 Å². The molecule has 1 unspecified atom stereocenters. The van der Waals surface area contributed by atoms with Crippen molar-refractivity contribution in [2.45, 2.75) is 84.5 Å². The van der Waals surface area contributed by atoms with Gasteiger partial charge >= 0.3 is 0 Å². The summed E-state index contributed by atoms with van der Waals surface area (Å²) in [4.78, 5) is 45.8. The van der Waals surface area contributed by atoms with E-state index in [1.807, 2.05) is 56.3 Å². The fraction of sp³-hybridized carbons (Fsp3) is 0.633. The molecular weight excluding hydrogens is 496 g/mol. The number of hydrogen-bond acceptors (Lipinski definition) is 6. The van der Waals surface area contributed by atoms with E-state index in [1.54, 1.807) is 6.92 Å². The summed E-state index contributed by atoms with van der Waals surface area (Å²) in [7, 11) is 0. The number of amides is 3. The minimum absolute atomic E-state index is 0.120. The Morgan fingerprint density at radius 1 is 1.05 bits per heavy atom. The van der Waals surface area contributed by atoms with Crippen LogP contribution in [0, 0.1) is 23.7 Å². The topological polar surface area (TPSA) is 123 Å². The van der Waals surface area contributed by atoms with Crippen LogP contribution in [0.15, 0.2) is 36.4 Å². The number of ether oxygens (including phenoxy) is 1. The number of hydrazine groups is 1. The minimum Gasteiger partial charge on any atom is -0.350 e. The van der Waals surface area contributed by atoms with Crippen LogP contribution < -0.4 is 16.6 Å². The van der Waals surface area contributed by atoms with Gasteiger partial charge in [-0.2, -0.15) is 0 Å². The van der Waals surface area contributed by atoms with Gasteiger partial charge in [0.25, 0.3) is 5.91 Å². The molecule has 4 atom stereocenters. The van der Waals surface area contributed by atoms with Crippen LogP contribution in [0.25, 0.3) is 6.08 Å². The van der Waals surface area contributed by atoms with E-state index in [4.69, 9.17) is 15.3 Å². The van der Waals surface area contributed by atoms with Crippen LogP contribution in [0.5, 0.6) is 0 Å². The zero-order valence-electron chi connectivity index (χ0n) is 23.6. The first-order chi connectivity index (χ1) is 18.7. The maximum Gasteiger partial charge on any atom is 0.257 e. The number of carbonyl (C=O) groups excluding carboxylic acids is 3. The molecule has 9 heteroatoms. The summed E-state index contributed by atoms with van der Waals surface area (Å²) < 4.78 is 5.60. The Morgan fingerprint density at radius 2 is 1.79 bits per heavy atom. The molecule has 1 saturated carbocycles. The fourth-order valence-electron chi connectivity index (χ4n) is 4.93. The molecule has 0 spiro atoms. The molecule has 216 valence electrons. The van der Waals surface area contributed by atoms with E-state index in [2.05, 4.69) is 10.9 Å². The highest BCUT2D eigenvalue weighted by atomic mass is 16.8. The van der Waals surface area contributed by atoms with E-state index in [-0.39, 0.29) is 23.6 Å². The van der Waals surface area contributed by atoms with E-state index >= 15 is 0 Å². The number of carbonyl (C=O) groups is 3. The van der Waals surface area contributed by atoms with Gasteiger partial charge in [0.05, 0.1) is 17.9 Å². The monoisotopic (exact) mass is 542 g/mol. The highest BCUT2D eigenvalue weighted by Crippen LogP contribution is 2.36. The van der Waals surface area contributed by atoms with Gasteiger partial charge in [0.2, 0.25) is 11.8 Å². The van der Waals surface area contributed by atoms with Gasteiger partial charge in [-0.25, -0.2) is 10.3 Å². The van der Waals surface area contributed by atoms with Gasteiger partial charge in [-0.05, 0) is 50.0 Å². The molecule has 1 aliphatic heterocycles. The molecule has 4 N–H and O–H groups in total. The molecule has 0 aromatic heterocycles. The van der Waals surface area contributed by atoms with Crippen molar-refractivity contribution in [1.29, 1.82) is 0 Å².